The summed E-state index contributed by atoms with van der Waals surface area (Å²) < 4.78 is 0.976. The van der Waals surface area contributed by atoms with Gasteiger partial charge in [-0.15, -0.1) is 0 Å². The summed E-state index contributed by atoms with van der Waals surface area (Å²) >= 11 is 3.34. The number of nitrogens with one attached hydrogen (secondary N) is 2. The van der Waals surface area contributed by atoms with Crippen LogP contribution in [0.5, 0.6) is 0 Å². The normalized spacial score (nSPS) is 11.9. The first-order valence-corrected chi connectivity index (χ1v) is 7.36. The summed E-state index contributed by atoms with van der Waals surface area (Å²) in [6, 6.07) is 7.21. The van der Waals surface area contributed by atoms with Crippen LogP contribution in [0.4, 0.5) is 10.5 Å². The fraction of sp³-hybridized carbons (Fsp3) is 0.500. The smallest absolute Gasteiger partial charge is 0.319 e. The molecule has 3 N–H and O–H groups in total. The number of benzene rings is 1. The van der Waals surface area contributed by atoms with Crippen molar-refractivity contribution in [3.8, 4) is 0 Å². The minimum Gasteiger partial charge on any atom is -0.396 e. The number of carbonyl (C=O) groups is 1. The Morgan fingerprint density at radius 2 is 2.00 bits per heavy atom. The predicted octanol–water partition coefficient (Wildman–Crippen LogP) is 3.37. The molecule has 1 atom stereocenters. The lowest BCUT2D eigenvalue weighted by Gasteiger charge is -2.16. The van der Waals surface area contributed by atoms with Gasteiger partial charge in [-0.05, 0) is 43.0 Å². The van der Waals surface area contributed by atoms with Gasteiger partial charge in [-0.3, -0.25) is 0 Å². The first-order chi connectivity index (χ1) is 9.15. The van der Waals surface area contributed by atoms with Crippen LogP contribution in [0.3, 0.4) is 0 Å². The van der Waals surface area contributed by atoms with Gasteiger partial charge in [0.1, 0.15) is 0 Å². The maximum absolute atomic E-state index is 11.7. The van der Waals surface area contributed by atoms with Gasteiger partial charge >= 0.3 is 6.03 Å². The van der Waals surface area contributed by atoms with E-state index in [2.05, 4.69) is 33.5 Å². The summed E-state index contributed by atoms with van der Waals surface area (Å²) in [6.45, 7) is 2.86. The Kier molecular flexibility index (Phi) is 7.52. The van der Waals surface area contributed by atoms with Crippen LogP contribution in [-0.4, -0.2) is 24.3 Å². The van der Waals surface area contributed by atoms with Gasteiger partial charge in [-0.25, -0.2) is 4.79 Å². The third kappa shape index (κ3) is 6.59. The van der Waals surface area contributed by atoms with Crippen molar-refractivity contribution in [1.82, 2.24) is 5.32 Å². The molecule has 0 aliphatic rings. The summed E-state index contributed by atoms with van der Waals surface area (Å²) in [6.07, 6.45) is 2.80. The van der Waals surface area contributed by atoms with Crippen LogP contribution in [-0.2, 0) is 0 Å². The summed E-state index contributed by atoms with van der Waals surface area (Å²) in [5, 5.41) is 14.6. The number of aliphatic hydroxyl groups is 1. The van der Waals surface area contributed by atoms with Crippen LogP contribution in [0.25, 0.3) is 0 Å². The van der Waals surface area contributed by atoms with E-state index in [-0.39, 0.29) is 12.6 Å². The minimum absolute atomic E-state index is 0.167. The average molecular weight is 329 g/mol. The molecular formula is C14H21BrN2O2. The Bertz CT molecular complexity index is 376. The molecule has 2 amide bonds. The van der Waals surface area contributed by atoms with Crippen LogP contribution in [0.2, 0.25) is 0 Å². The van der Waals surface area contributed by atoms with Crippen LogP contribution in [0.1, 0.15) is 26.2 Å². The van der Waals surface area contributed by atoms with Gasteiger partial charge in [-0.2, -0.15) is 0 Å². The van der Waals surface area contributed by atoms with E-state index in [0.29, 0.717) is 12.5 Å². The van der Waals surface area contributed by atoms with Crippen LogP contribution in [0, 0.1) is 5.92 Å². The highest BCUT2D eigenvalue weighted by Crippen LogP contribution is 2.14. The Morgan fingerprint density at radius 3 is 2.58 bits per heavy atom. The zero-order valence-electron chi connectivity index (χ0n) is 11.2. The van der Waals surface area contributed by atoms with Crippen molar-refractivity contribution in [2.45, 2.75) is 26.2 Å². The monoisotopic (exact) mass is 328 g/mol. The fourth-order valence-electron chi connectivity index (χ4n) is 1.88. The molecule has 1 rings (SSSR count). The van der Waals surface area contributed by atoms with E-state index in [1.54, 1.807) is 0 Å². The molecule has 0 saturated carbocycles. The molecule has 5 heteroatoms. The highest BCUT2D eigenvalue weighted by Gasteiger charge is 2.09. The second-order valence-electron chi connectivity index (χ2n) is 4.51. The van der Waals surface area contributed by atoms with E-state index in [1.165, 1.54) is 0 Å². The van der Waals surface area contributed by atoms with Gasteiger partial charge in [-0.1, -0.05) is 29.3 Å². The number of carbonyl (C=O) groups excluding carboxylic acids is 1. The maximum atomic E-state index is 11.7. The molecule has 4 nitrogen and oxygen atoms in total. The Balaban J connectivity index is 2.35. The van der Waals surface area contributed by atoms with Gasteiger partial charge < -0.3 is 15.7 Å². The second kappa shape index (κ2) is 8.93. The van der Waals surface area contributed by atoms with Gasteiger partial charge in [0.15, 0.2) is 0 Å². The zero-order valence-corrected chi connectivity index (χ0v) is 12.7. The van der Waals surface area contributed by atoms with E-state index < -0.39 is 0 Å². The molecule has 1 aromatic rings. The molecule has 0 aliphatic carbocycles. The Morgan fingerprint density at radius 1 is 1.32 bits per heavy atom. The van der Waals surface area contributed by atoms with Gasteiger partial charge in [0.2, 0.25) is 0 Å². The number of anilines is 1. The molecule has 0 aromatic heterocycles. The SMILES string of the molecule is CCCC(CCO)CNC(=O)Nc1ccc(Br)cc1. The molecule has 1 aromatic carbocycles. The average Bonchev–Trinajstić information content (AvgIpc) is 2.39. The maximum Gasteiger partial charge on any atom is 0.319 e. The molecule has 0 heterocycles. The van der Waals surface area contributed by atoms with Crippen molar-refractivity contribution in [3.05, 3.63) is 28.7 Å². The van der Waals surface area contributed by atoms with E-state index >= 15 is 0 Å². The summed E-state index contributed by atoms with van der Waals surface area (Å²) in [7, 11) is 0. The predicted molar refractivity (Wildman–Crippen MR) is 81.3 cm³/mol. The van der Waals surface area contributed by atoms with E-state index in [4.69, 9.17) is 5.11 Å². The molecule has 0 saturated heterocycles. The first kappa shape index (κ1) is 16.0. The first-order valence-electron chi connectivity index (χ1n) is 6.57. The number of amides is 2. The van der Waals surface area contributed by atoms with Crippen molar-refractivity contribution in [3.63, 3.8) is 0 Å². The van der Waals surface area contributed by atoms with Crippen molar-refractivity contribution >= 4 is 27.6 Å². The van der Waals surface area contributed by atoms with Crippen molar-refractivity contribution < 1.29 is 9.90 Å². The number of hydrogen-bond donors (Lipinski definition) is 3. The third-order valence-electron chi connectivity index (χ3n) is 2.89. The van der Waals surface area contributed by atoms with E-state index in [0.717, 1.165) is 29.4 Å². The third-order valence-corrected chi connectivity index (χ3v) is 3.42. The van der Waals surface area contributed by atoms with Gasteiger partial charge in [0.25, 0.3) is 0 Å². The summed E-state index contributed by atoms with van der Waals surface area (Å²) in [5.74, 6) is 0.339. The van der Waals surface area contributed by atoms with Crippen molar-refractivity contribution in [2.75, 3.05) is 18.5 Å². The molecule has 0 bridgehead atoms. The van der Waals surface area contributed by atoms with E-state index in [9.17, 15) is 4.79 Å². The van der Waals surface area contributed by atoms with Crippen LogP contribution >= 0.6 is 15.9 Å². The summed E-state index contributed by atoms with van der Waals surface area (Å²) in [4.78, 5) is 11.7. The number of urea groups is 1. The number of hydrogen-bond acceptors (Lipinski definition) is 2. The standard InChI is InChI=1S/C14H21BrN2O2/c1-2-3-11(8-9-18)10-16-14(19)17-13-6-4-12(15)5-7-13/h4-7,11,18H,2-3,8-10H2,1H3,(H2,16,17,19). The quantitative estimate of drug-likeness (QED) is 0.718. The second-order valence-corrected chi connectivity index (χ2v) is 5.42. The topological polar surface area (TPSA) is 61.4 Å². The largest absolute Gasteiger partial charge is 0.396 e. The molecule has 106 valence electrons. The number of halogens is 1. The number of aliphatic hydroxyl groups excluding tert-OH is 1. The lowest BCUT2D eigenvalue weighted by Crippen LogP contribution is -2.33. The molecule has 0 radical (unpaired) electrons. The fourth-order valence-corrected chi connectivity index (χ4v) is 2.15. The molecule has 0 fully saturated rings. The van der Waals surface area contributed by atoms with Crippen molar-refractivity contribution in [1.29, 1.82) is 0 Å². The highest BCUT2D eigenvalue weighted by atomic mass is 79.9. The molecule has 0 aliphatic heterocycles. The highest BCUT2D eigenvalue weighted by molar-refractivity contribution is 9.10. The van der Waals surface area contributed by atoms with Crippen molar-refractivity contribution in [2.24, 2.45) is 5.92 Å². The van der Waals surface area contributed by atoms with E-state index in [1.807, 2.05) is 24.3 Å². The minimum atomic E-state index is -0.207. The molecular weight excluding hydrogens is 308 g/mol. The lowest BCUT2D eigenvalue weighted by atomic mass is 10.0. The Hall–Kier alpha value is -1.07. The lowest BCUT2D eigenvalue weighted by molar-refractivity contribution is 0.237. The van der Waals surface area contributed by atoms with Gasteiger partial charge in [0.05, 0.1) is 0 Å². The van der Waals surface area contributed by atoms with Crippen LogP contribution < -0.4 is 10.6 Å². The molecule has 1 unspecified atom stereocenters. The molecule has 0 spiro atoms. The number of rotatable bonds is 7. The van der Waals surface area contributed by atoms with Crippen LogP contribution in [0.15, 0.2) is 28.7 Å². The summed E-state index contributed by atoms with van der Waals surface area (Å²) in [5.41, 5.74) is 0.759. The molecule has 19 heavy (non-hydrogen) atoms. The zero-order chi connectivity index (χ0) is 14.1. The van der Waals surface area contributed by atoms with Gasteiger partial charge in [0, 0.05) is 23.3 Å². The Labute approximate surface area is 122 Å².